The number of pyridine rings is 1. The molecule has 0 bridgehead atoms. The normalized spacial score (nSPS) is 15.8. The van der Waals surface area contributed by atoms with Gasteiger partial charge in [0, 0.05) is 22.8 Å². The lowest BCUT2D eigenvalue weighted by Gasteiger charge is -2.37. The Morgan fingerprint density at radius 2 is 2.06 bits per heavy atom. The van der Waals surface area contributed by atoms with Crippen LogP contribution in [-0.2, 0) is 9.53 Å². The van der Waals surface area contributed by atoms with Crippen molar-refractivity contribution in [3.05, 3.63) is 70.3 Å². The third-order valence-electron chi connectivity index (χ3n) is 6.19. The van der Waals surface area contributed by atoms with Gasteiger partial charge in [0.05, 0.1) is 24.8 Å². The lowest BCUT2D eigenvalue weighted by molar-refractivity contribution is -0.149. The summed E-state index contributed by atoms with van der Waals surface area (Å²) >= 11 is 1.57. The number of likely N-dealkylation sites (tertiary alicyclic amines) is 1. The van der Waals surface area contributed by atoms with Crippen LogP contribution in [0.5, 0.6) is 0 Å². The zero-order valence-electron chi connectivity index (χ0n) is 19.2. The molecule has 4 rings (SSSR count). The Kier molecular flexibility index (Phi) is 7.25. The van der Waals surface area contributed by atoms with Crippen molar-refractivity contribution in [1.29, 1.82) is 0 Å². The fraction of sp³-hybridized carbons (Fsp3) is 0.400. The van der Waals surface area contributed by atoms with E-state index in [1.807, 2.05) is 19.2 Å². The minimum atomic E-state index is -0.270. The van der Waals surface area contributed by atoms with Gasteiger partial charge in [0.15, 0.2) is 5.76 Å². The molecule has 1 aliphatic heterocycles. The second kappa shape index (κ2) is 10.3. The maximum absolute atomic E-state index is 12.8. The fourth-order valence-electron chi connectivity index (χ4n) is 4.39. The van der Waals surface area contributed by atoms with Gasteiger partial charge >= 0.3 is 5.97 Å². The number of aryl methyl sites for hydroxylation is 1. The number of hydrogen-bond acceptors (Lipinski definition) is 7. The van der Waals surface area contributed by atoms with E-state index in [0.717, 1.165) is 52.5 Å². The van der Waals surface area contributed by atoms with Crippen molar-refractivity contribution >= 4 is 28.2 Å². The highest BCUT2D eigenvalue weighted by atomic mass is 32.1. The van der Waals surface area contributed by atoms with Crippen molar-refractivity contribution in [2.24, 2.45) is 5.92 Å². The molecule has 1 saturated heterocycles. The number of amides is 1. The van der Waals surface area contributed by atoms with Crippen molar-refractivity contribution < 1.29 is 18.7 Å². The fourth-order valence-corrected chi connectivity index (χ4v) is 5.48. The number of furan rings is 1. The molecule has 0 radical (unpaired) electrons. The maximum atomic E-state index is 12.8. The predicted octanol–water partition coefficient (Wildman–Crippen LogP) is 4.97. The van der Waals surface area contributed by atoms with Crippen molar-refractivity contribution in [1.82, 2.24) is 9.88 Å². The molecule has 1 aliphatic rings. The number of nitrogens with zero attached hydrogens (tertiary/aromatic N) is 2. The van der Waals surface area contributed by atoms with Gasteiger partial charge in [-0.3, -0.25) is 19.5 Å². The molecular formula is C25H29N3O4S. The van der Waals surface area contributed by atoms with Gasteiger partial charge in [0.25, 0.3) is 5.91 Å². The number of anilines is 1. The van der Waals surface area contributed by atoms with Gasteiger partial charge in [-0.1, -0.05) is 6.07 Å². The standard InChI is InChI=1S/C25H29N3O4S/c1-4-31-25(30)18-9-12-28(13-10-18)22(19-7-5-11-26-15-19)21-16(2)17(3)33-24(21)27-23(29)20-8-6-14-32-20/h5-8,11,14-15,18,22H,4,9-10,12-13H2,1-3H3,(H,27,29)/t22-/m1/s1. The second-order valence-electron chi connectivity index (χ2n) is 8.21. The first-order valence-corrected chi connectivity index (χ1v) is 12.1. The van der Waals surface area contributed by atoms with Crippen LogP contribution in [0.25, 0.3) is 0 Å². The van der Waals surface area contributed by atoms with Crippen molar-refractivity contribution in [2.75, 3.05) is 25.0 Å². The molecular weight excluding hydrogens is 438 g/mol. The maximum Gasteiger partial charge on any atom is 0.309 e. The Hall–Kier alpha value is -2.97. The summed E-state index contributed by atoms with van der Waals surface area (Å²) in [4.78, 5) is 32.9. The molecule has 3 aromatic heterocycles. The number of thiophene rings is 1. The Morgan fingerprint density at radius 3 is 2.70 bits per heavy atom. The minimum absolute atomic E-state index is 0.0702. The van der Waals surface area contributed by atoms with Crippen LogP contribution in [0.15, 0.2) is 47.3 Å². The quantitative estimate of drug-likeness (QED) is 0.494. The molecule has 1 amide bonds. The topological polar surface area (TPSA) is 84.7 Å². The number of aromatic nitrogens is 1. The van der Waals surface area contributed by atoms with E-state index in [1.54, 1.807) is 29.7 Å². The van der Waals surface area contributed by atoms with Crippen LogP contribution < -0.4 is 5.32 Å². The average molecular weight is 468 g/mol. The molecule has 0 aromatic carbocycles. The number of rotatable bonds is 7. The van der Waals surface area contributed by atoms with E-state index in [-0.39, 0.29) is 29.6 Å². The number of ether oxygens (including phenoxy) is 1. The first-order valence-electron chi connectivity index (χ1n) is 11.2. The monoisotopic (exact) mass is 467 g/mol. The summed E-state index contributed by atoms with van der Waals surface area (Å²) in [7, 11) is 0. The highest BCUT2D eigenvalue weighted by molar-refractivity contribution is 7.16. The third-order valence-corrected chi connectivity index (χ3v) is 7.33. The van der Waals surface area contributed by atoms with Gasteiger partial charge in [0.1, 0.15) is 5.00 Å². The van der Waals surface area contributed by atoms with Crippen molar-refractivity contribution in [3.63, 3.8) is 0 Å². The molecule has 3 aromatic rings. The van der Waals surface area contributed by atoms with Crippen molar-refractivity contribution in [2.45, 2.75) is 39.7 Å². The first kappa shape index (κ1) is 23.2. The Morgan fingerprint density at radius 1 is 1.27 bits per heavy atom. The predicted molar refractivity (Wildman–Crippen MR) is 127 cm³/mol. The van der Waals surface area contributed by atoms with Crippen LogP contribution in [-0.4, -0.2) is 41.5 Å². The SMILES string of the molecule is CCOC(=O)C1CCN([C@H](c2cccnc2)c2c(NC(=O)c3ccco3)sc(C)c2C)CC1. The number of piperidine rings is 1. The highest BCUT2D eigenvalue weighted by Gasteiger charge is 2.34. The van der Waals surface area contributed by atoms with Crippen LogP contribution in [0.1, 0.15) is 57.9 Å². The van der Waals surface area contributed by atoms with Gasteiger partial charge in [-0.15, -0.1) is 11.3 Å². The van der Waals surface area contributed by atoms with Gasteiger partial charge in [-0.25, -0.2) is 0 Å². The zero-order chi connectivity index (χ0) is 23.4. The molecule has 0 aliphatic carbocycles. The lowest BCUT2D eigenvalue weighted by atomic mass is 9.91. The molecule has 8 heteroatoms. The summed E-state index contributed by atoms with van der Waals surface area (Å²) in [6.07, 6.45) is 6.62. The molecule has 33 heavy (non-hydrogen) atoms. The number of hydrogen-bond donors (Lipinski definition) is 1. The summed E-state index contributed by atoms with van der Waals surface area (Å²) in [5, 5.41) is 3.89. The Bertz CT molecular complexity index is 1090. The summed E-state index contributed by atoms with van der Waals surface area (Å²) in [6, 6.07) is 7.27. The van der Waals surface area contributed by atoms with Gasteiger partial charge in [0.2, 0.25) is 0 Å². The van der Waals surface area contributed by atoms with Crippen LogP contribution in [0, 0.1) is 19.8 Å². The Balaban J connectivity index is 1.66. The molecule has 0 unspecified atom stereocenters. The largest absolute Gasteiger partial charge is 0.466 e. The first-order chi connectivity index (χ1) is 16.0. The van der Waals surface area contributed by atoms with E-state index < -0.39 is 0 Å². The minimum Gasteiger partial charge on any atom is -0.466 e. The summed E-state index contributed by atoms with van der Waals surface area (Å²) in [5.41, 5.74) is 3.28. The highest BCUT2D eigenvalue weighted by Crippen LogP contribution is 2.43. The van der Waals surface area contributed by atoms with E-state index >= 15 is 0 Å². The molecule has 4 heterocycles. The van der Waals surface area contributed by atoms with E-state index in [1.165, 1.54) is 6.26 Å². The smallest absolute Gasteiger partial charge is 0.309 e. The number of esters is 1. The van der Waals surface area contributed by atoms with Crippen LogP contribution >= 0.6 is 11.3 Å². The van der Waals surface area contributed by atoms with E-state index in [0.29, 0.717) is 6.61 Å². The molecule has 1 fully saturated rings. The number of carbonyl (C=O) groups is 2. The molecule has 0 saturated carbocycles. The lowest BCUT2D eigenvalue weighted by Crippen LogP contribution is -2.40. The van der Waals surface area contributed by atoms with E-state index in [4.69, 9.17) is 9.15 Å². The Labute approximate surface area is 197 Å². The average Bonchev–Trinajstić information content (AvgIpc) is 3.46. The van der Waals surface area contributed by atoms with E-state index in [2.05, 4.69) is 35.1 Å². The third kappa shape index (κ3) is 5.02. The van der Waals surface area contributed by atoms with Crippen LogP contribution in [0.3, 0.4) is 0 Å². The number of nitrogens with one attached hydrogen (secondary N) is 1. The molecule has 0 spiro atoms. The summed E-state index contributed by atoms with van der Waals surface area (Å²) < 4.78 is 10.5. The van der Waals surface area contributed by atoms with Crippen molar-refractivity contribution in [3.8, 4) is 0 Å². The van der Waals surface area contributed by atoms with Gasteiger partial charge in [-0.05, 0) is 76.0 Å². The second-order valence-corrected chi connectivity index (χ2v) is 9.43. The van der Waals surface area contributed by atoms with Crippen LogP contribution in [0.4, 0.5) is 5.00 Å². The van der Waals surface area contributed by atoms with Gasteiger partial charge in [-0.2, -0.15) is 0 Å². The molecule has 1 N–H and O–H groups in total. The van der Waals surface area contributed by atoms with E-state index in [9.17, 15) is 9.59 Å². The molecule has 174 valence electrons. The van der Waals surface area contributed by atoms with Gasteiger partial charge < -0.3 is 14.5 Å². The molecule has 1 atom stereocenters. The summed E-state index contributed by atoms with van der Waals surface area (Å²) in [5.74, 6) is -0.172. The molecule has 7 nitrogen and oxygen atoms in total. The number of carbonyl (C=O) groups excluding carboxylic acids is 2. The summed E-state index contributed by atoms with van der Waals surface area (Å²) in [6.45, 7) is 7.92. The zero-order valence-corrected chi connectivity index (χ0v) is 20.0. The van der Waals surface area contributed by atoms with Crippen LogP contribution in [0.2, 0.25) is 0 Å².